The third-order valence-corrected chi connectivity index (χ3v) is 5.14. The number of aromatic nitrogens is 1. The van der Waals surface area contributed by atoms with Crippen LogP contribution in [0.5, 0.6) is 11.5 Å². The molecule has 0 aliphatic carbocycles. The highest BCUT2D eigenvalue weighted by atomic mass is 19.4. The van der Waals surface area contributed by atoms with Crippen LogP contribution in [0, 0.1) is 0 Å². The Labute approximate surface area is 191 Å². The van der Waals surface area contributed by atoms with E-state index in [9.17, 15) is 27.9 Å². The van der Waals surface area contributed by atoms with E-state index in [0.717, 1.165) is 17.0 Å². The molecule has 4 rings (SSSR count). The van der Waals surface area contributed by atoms with Gasteiger partial charge in [0.2, 0.25) is 0 Å². The number of pyridine rings is 1. The number of ketones is 1. The van der Waals surface area contributed by atoms with Crippen LogP contribution in [0.15, 0.2) is 78.6 Å². The summed E-state index contributed by atoms with van der Waals surface area (Å²) >= 11 is 0. The topological polar surface area (TPSA) is 89.0 Å². The number of hydrogen-bond acceptors (Lipinski definition) is 6. The number of anilines is 1. The SMILES string of the molecule is COc1cccc(C2/C(=C(\O)c3ccncc3)C(=O)C(=O)N2c2cccc(OC(F)(F)F)c2)c1. The number of aliphatic hydroxyl groups is 1. The molecule has 0 spiro atoms. The van der Waals surface area contributed by atoms with Gasteiger partial charge in [0.1, 0.15) is 17.3 Å². The lowest BCUT2D eigenvalue weighted by molar-refractivity contribution is -0.274. The van der Waals surface area contributed by atoms with Gasteiger partial charge in [0, 0.05) is 29.7 Å². The van der Waals surface area contributed by atoms with E-state index in [1.807, 2.05) is 0 Å². The Kier molecular flexibility index (Phi) is 5.97. The summed E-state index contributed by atoms with van der Waals surface area (Å²) in [4.78, 5) is 31.1. The number of ether oxygens (including phenoxy) is 2. The Morgan fingerprint density at radius 1 is 1.00 bits per heavy atom. The summed E-state index contributed by atoms with van der Waals surface area (Å²) in [7, 11) is 1.44. The smallest absolute Gasteiger partial charge is 0.507 e. The van der Waals surface area contributed by atoms with Gasteiger partial charge < -0.3 is 14.6 Å². The summed E-state index contributed by atoms with van der Waals surface area (Å²) < 4.78 is 47.5. The second-order valence-electron chi connectivity index (χ2n) is 7.23. The lowest BCUT2D eigenvalue weighted by atomic mass is 9.95. The fourth-order valence-electron chi connectivity index (χ4n) is 3.72. The predicted octanol–water partition coefficient (Wildman–Crippen LogP) is 4.62. The number of aliphatic hydroxyl groups excluding tert-OH is 1. The molecule has 0 radical (unpaired) electrons. The van der Waals surface area contributed by atoms with Crippen molar-refractivity contribution in [3.63, 3.8) is 0 Å². The van der Waals surface area contributed by atoms with Crippen molar-refractivity contribution in [1.82, 2.24) is 4.98 Å². The van der Waals surface area contributed by atoms with Gasteiger partial charge in [-0.25, -0.2) is 0 Å². The van der Waals surface area contributed by atoms with Crippen LogP contribution in [0.3, 0.4) is 0 Å². The van der Waals surface area contributed by atoms with E-state index < -0.39 is 35.6 Å². The van der Waals surface area contributed by atoms with E-state index in [-0.39, 0.29) is 16.8 Å². The van der Waals surface area contributed by atoms with Crippen molar-refractivity contribution in [3.8, 4) is 11.5 Å². The molecule has 3 aromatic rings. The average molecular weight is 470 g/mol. The van der Waals surface area contributed by atoms with Crippen LogP contribution in [-0.2, 0) is 9.59 Å². The molecule has 1 atom stereocenters. The third-order valence-electron chi connectivity index (χ3n) is 5.14. The first-order valence-electron chi connectivity index (χ1n) is 9.91. The molecular formula is C24H17F3N2O5. The molecule has 1 unspecified atom stereocenters. The maximum absolute atomic E-state index is 13.1. The second kappa shape index (κ2) is 8.89. The molecule has 7 nitrogen and oxygen atoms in total. The summed E-state index contributed by atoms with van der Waals surface area (Å²) in [5, 5.41) is 11.0. The molecule has 2 aromatic carbocycles. The van der Waals surface area contributed by atoms with Gasteiger partial charge in [0.05, 0.1) is 18.7 Å². The first-order chi connectivity index (χ1) is 16.2. The highest BCUT2D eigenvalue weighted by molar-refractivity contribution is 6.51. The van der Waals surface area contributed by atoms with Gasteiger partial charge in [-0.1, -0.05) is 18.2 Å². The van der Waals surface area contributed by atoms with Crippen molar-refractivity contribution < 1.29 is 37.3 Å². The molecule has 174 valence electrons. The molecule has 1 saturated heterocycles. The Balaban J connectivity index is 1.91. The number of rotatable bonds is 5. The van der Waals surface area contributed by atoms with Crippen LogP contribution in [0.1, 0.15) is 17.2 Å². The largest absolute Gasteiger partial charge is 0.573 e. The van der Waals surface area contributed by atoms with E-state index in [1.54, 1.807) is 24.3 Å². The fraction of sp³-hybridized carbons (Fsp3) is 0.125. The lowest BCUT2D eigenvalue weighted by Gasteiger charge is -2.26. The Hall–Kier alpha value is -4.34. The van der Waals surface area contributed by atoms with Crippen LogP contribution < -0.4 is 14.4 Å². The van der Waals surface area contributed by atoms with Gasteiger partial charge in [-0.3, -0.25) is 19.5 Å². The van der Waals surface area contributed by atoms with E-state index in [0.29, 0.717) is 11.3 Å². The number of carbonyl (C=O) groups is 2. The van der Waals surface area contributed by atoms with E-state index in [2.05, 4.69) is 9.72 Å². The molecule has 1 N–H and O–H groups in total. The number of halogens is 3. The molecule has 1 fully saturated rings. The predicted molar refractivity (Wildman–Crippen MR) is 115 cm³/mol. The number of nitrogens with zero attached hydrogens (tertiary/aromatic N) is 2. The average Bonchev–Trinajstić information content (AvgIpc) is 3.09. The molecule has 1 aliphatic rings. The van der Waals surface area contributed by atoms with Gasteiger partial charge in [0.15, 0.2) is 0 Å². The standard InChI is InChI=1S/C24H17F3N2O5/c1-33-17-6-2-4-15(12-17)20-19(21(30)14-8-10-28-11-9-14)22(31)23(32)29(20)16-5-3-7-18(13-16)34-24(25,26)27/h2-13,20,30H,1H3/b21-19+. The lowest BCUT2D eigenvalue weighted by Crippen LogP contribution is -2.29. The normalized spacial score (nSPS) is 17.6. The number of Topliss-reactive ketones (excluding diaryl/α,β-unsaturated/α-hetero) is 1. The van der Waals surface area contributed by atoms with E-state index in [4.69, 9.17) is 4.74 Å². The third kappa shape index (κ3) is 4.42. The van der Waals surface area contributed by atoms with Gasteiger partial charge in [0.25, 0.3) is 11.7 Å². The number of carbonyl (C=O) groups excluding carboxylic acids is 2. The first-order valence-corrected chi connectivity index (χ1v) is 9.91. The summed E-state index contributed by atoms with van der Waals surface area (Å²) in [6.45, 7) is 0. The molecule has 0 bridgehead atoms. The van der Waals surface area contributed by atoms with Crippen molar-refractivity contribution in [2.24, 2.45) is 0 Å². The summed E-state index contributed by atoms with van der Waals surface area (Å²) in [6.07, 6.45) is -2.13. The monoisotopic (exact) mass is 470 g/mol. The zero-order chi connectivity index (χ0) is 24.5. The maximum Gasteiger partial charge on any atom is 0.573 e. The van der Waals surface area contributed by atoms with Crippen molar-refractivity contribution in [3.05, 3.63) is 89.8 Å². The second-order valence-corrected chi connectivity index (χ2v) is 7.23. The minimum absolute atomic E-state index is 0.0227. The quantitative estimate of drug-likeness (QED) is 0.333. The van der Waals surface area contributed by atoms with E-state index >= 15 is 0 Å². The highest BCUT2D eigenvalue weighted by Gasteiger charge is 2.47. The van der Waals surface area contributed by atoms with Gasteiger partial charge in [-0.05, 0) is 42.0 Å². The minimum atomic E-state index is -4.94. The Bertz CT molecular complexity index is 1270. The van der Waals surface area contributed by atoms with Crippen molar-refractivity contribution in [2.45, 2.75) is 12.4 Å². The van der Waals surface area contributed by atoms with Crippen molar-refractivity contribution in [2.75, 3.05) is 12.0 Å². The van der Waals surface area contributed by atoms with Gasteiger partial charge in [-0.15, -0.1) is 13.2 Å². The Morgan fingerprint density at radius 3 is 2.35 bits per heavy atom. The molecule has 1 aliphatic heterocycles. The fourth-order valence-corrected chi connectivity index (χ4v) is 3.72. The first kappa shape index (κ1) is 22.8. The molecular weight excluding hydrogens is 453 g/mol. The number of benzene rings is 2. The number of amides is 1. The minimum Gasteiger partial charge on any atom is -0.507 e. The number of alkyl halides is 3. The molecule has 10 heteroatoms. The van der Waals surface area contributed by atoms with Crippen molar-refractivity contribution in [1.29, 1.82) is 0 Å². The van der Waals surface area contributed by atoms with Crippen LogP contribution in [0.25, 0.3) is 5.76 Å². The van der Waals surface area contributed by atoms with Crippen LogP contribution in [0.4, 0.5) is 18.9 Å². The zero-order valence-electron chi connectivity index (χ0n) is 17.6. The Morgan fingerprint density at radius 2 is 1.68 bits per heavy atom. The maximum atomic E-state index is 13.1. The summed E-state index contributed by atoms with van der Waals surface area (Å²) in [5.74, 6) is -2.61. The zero-order valence-corrected chi connectivity index (χ0v) is 17.6. The molecule has 1 amide bonds. The number of methoxy groups -OCH3 is 1. The van der Waals surface area contributed by atoms with Gasteiger partial charge in [-0.2, -0.15) is 0 Å². The van der Waals surface area contributed by atoms with Gasteiger partial charge >= 0.3 is 6.36 Å². The summed E-state index contributed by atoms with van der Waals surface area (Å²) in [5.41, 5.74) is 0.392. The van der Waals surface area contributed by atoms with E-state index in [1.165, 1.54) is 43.8 Å². The van der Waals surface area contributed by atoms with Crippen molar-refractivity contribution >= 4 is 23.1 Å². The van der Waals surface area contributed by atoms with Crippen LogP contribution >= 0.6 is 0 Å². The summed E-state index contributed by atoms with van der Waals surface area (Å²) in [6, 6.07) is 12.9. The molecule has 1 aromatic heterocycles. The molecule has 2 heterocycles. The number of hydrogen-bond donors (Lipinski definition) is 1. The molecule has 0 saturated carbocycles. The molecule has 34 heavy (non-hydrogen) atoms. The van der Waals surface area contributed by atoms with Crippen LogP contribution in [-0.4, -0.2) is 35.3 Å². The highest BCUT2D eigenvalue weighted by Crippen LogP contribution is 2.43. The van der Waals surface area contributed by atoms with Crippen LogP contribution in [0.2, 0.25) is 0 Å².